The number of nitrogens with two attached hydrogens (primary N) is 1. The lowest BCUT2D eigenvalue weighted by Crippen LogP contribution is -2.31. The summed E-state index contributed by atoms with van der Waals surface area (Å²) < 4.78 is 1.47. The second kappa shape index (κ2) is 6.13. The number of amides is 1. The van der Waals surface area contributed by atoms with E-state index in [2.05, 4.69) is 23.6 Å². The van der Waals surface area contributed by atoms with Gasteiger partial charge in [0.2, 0.25) is 0 Å². The Balaban J connectivity index is 2.82. The number of nitrogens with zero attached hydrogens (tertiary/aromatic N) is 2. The molecule has 108 valence electrons. The van der Waals surface area contributed by atoms with E-state index < -0.39 is 5.91 Å². The average molecular weight is 323 g/mol. The van der Waals surface area contributed by atoms with Crippen LogP contribution in [0.5, 0.6) is 0 Å². The van der Waals surface area contributed by atoms with Gasteiger partial charge in [0.1, 0.15) is 17.2 Å². The summed E-state index contributed by atoms with van der Waals surface area (Å²) in [7, 11) is 0. The number of hydrazine groups is 1. The predicted octanol–water partition coefficient (Wildman–Crippen LogP) is 3.20. The van der Waals surface area contributed by atoms with E-state index in [1.807, 2.05) is 0 Å². The van der Waals surface area contributed by atoms with Gasteiger partial charge in [0, 0.05) is 16.8 Å². The SMILES string of the molecule is C=Cc1nc(-c2cc(Cl)ccc2Cl)c(C(=O)NN)n1C=C. The lowest BCUT2D eigenvalue weighted by Gasteiger charge is -2.07. The number of benzene rings is 1. The third-order valence-electron chi connectivity index (χ3n) is 2.83. The van der Waals surface area contributed by atoms with Crippen molar-refractivity contribution in [2.45, 2.75) is 0 Å². The average Bonchev–Trinajstić information content (AvgIpc) is 2.87. The molecule has 21 heavy (non-hydrogen) atoms. The molecule has 0 spiro atoms. The van der Waals surface area contributed by atoms with Gasteiger partial charge >= 0.3 is 0 Å². The molecule has 0 bridgehead atoms. The van der Waals surface area contributed by atoms with Crippen molar-refractivity contribution in [2.75, 3.05) is 0 Å². The summed E-state index contributed by atoms with van der Waals surface area (Å²) in [5, 5.41) is 0.886. The van der Waals surface area contributed by atoms with Crippen molar-refractivity contribution in [3.63, 3.8) is 0 Å². The fourth-order valence-electron chi connectivity index (χ4n) is 1.93. The van der Waals surface area contributed by atoms with Crippen molar-refractivity contribution in [1.29, 1.82) is 0 Å². The first-order valence-corrected chi connectivity index (χ1v) is 6.62. The van der Waals surface area contributed by atoms with Crippen LogP contribution in [0.25, 0.3) is 23.5 Å². The minimum Gasteiger partial charge on any atom is -0.295 e. The summed E-state index contributed by atoms with van der Waals surface area (Å²) in [6.07, 6.45) is 2.94. The van der Waals surface area contributed by atoms with Gasteiger partial charge in [0.05, 0.1) is 5.02 Å². The standard InChI is InChI=1S/C14H12Cl2N4O/c1-3-11-18-12(9-7-8(15)5-6-10(9)16)13(14(21)19-17)20(11)4-2/h3-7H,1-2,17H2,(H,19,21). The summed E-state index contributed by atoms with van der Waals surface area (Å²) in [6, 6.07) is 4.90. The van der Waals surface area contributed by atoms with E-state index in [4.69, 9.17) is 29.0 Å². The smallest absolute Gasteiger partial charge is 0.284 e. The normalized spacial score (nSPS) is 10.2. The van der Waals surface area contributed by atoms with Gasteiger partial charge in [-0.2, -0.15) is 0 Å². The maximum atomic E-state index is 12.1. The summed E-state index contributed by atoms with van der Waals surface area (Å²) in [5.41, 5.74) is 3.15. The zero-order valence-corrected chi connectivity index (χ0v) is 12.4. The van der Waals surface area contributed by atoms with Crippen LogP contribution in [0.4, 0.5) is 0 Å². The Labute approximate surface area is 131 Å². The monoisotopic (exact) mass is 322 g/mol. The van der Waals surface area contributed by atoms with E-state index in [9.17, 15) is 4.79 Å². The number of carbonyl (C=O) groups is 1. The van der Waals surface area contributed by atoms with Crippen molar-refractivity contribution >= 4 is 41.4 Å². The molecule has 1 amide bonds. The molecule has 2 aromatic rings. The highest BCUT2D eigenvalue weighted by Crippen LogP contribution is 2.33. The Morgan fingerprint density at radius 3 is 2.67 bits per heavy atom. The van der Waals surface area contributed by atoms with E-state index in [1.165, 1.54) is 16.8 Å². The van der Waals surface area contributed by atoms with E-state index in [0.29, 0.717) is 27.1 Å². The predicted molar refractivity (Wildman–Crippen MR) is 85.8 cm³/mol. The molecular weight excluding hydrogens is 311 g/mol. The van der Waals surface area contributed by atoms with Gasteiger partial charge in [0.25, 0.3) is 5.91 Å². The van der Waals surface area contributed by atoms with Crippen molar-refractivity contribution in [1.82, 2.24) is 15.0 Å². The highest BCUT2D eigenvalue weighted by Gasteiger charge is 2.23. The maximum Gasteiger partial charge on any atom is 0.284 e. The van der Waals surface area contributed by atoms with E-state index in [0.717, 1.165) is 0 Å². The third-order valence-corrected chi connectivity index (χ3v) is 3.40. The maximum absolute atomic E-state index is 12.1. The number of aromatic nitrogens is 2. The first kappa shape index (κ1) is 15.3. The number of imidazole rings is 1. The van der Waals surface area contributed by atoms with Gasteiger partial charge < -0.3 is 0 Å². The Bertz CT molecular complexity index is 737. The Morgan fingerprint density at radius 1 is 1.38 bits per heavy atom. The largest absolute Gasteiger partial charge is 0.295 e. The number of rotatable bonds is 4. The van der Waals surface area contributed by atoms with Crippen LogP contribution < -0.4 is 11.3 Å². The highest BCUT2D eigenvalue weighted by molar-refractivity contribution is 6.35. The van der Waals surface area contributed by atoms with Crippen molar-refractivity contribution in [3.8, 4) is 11.3 Å². The van der Waals surface area contributed by atoms with Gasteiger partial charge in [-0.05, 0) is 24.3 Å². The first-order chi connectivity index (χ1) is 10.0. The molecule has 0 atom stereocenters. The van der Waals surface area contributed by atoms with Crippen molar-refractivity contribution < 1.29 is 4.79 Å². The molecule has 3 N–H and O–H groups in total. The van der Waals surface area contributed by atoms with Gasteiger partial charge in [0.15, 0.2) is 0 Å². The van der Waals surface area contributed by atoms with E-state index in [-0.39, 0.29) is 5.69 Å². The van der Waals surface area contributed by atoms with Gasteiger partial charge in [-0.3, -0.25) is 14.8 Å². The molecule has 1 aromatic carbocycles. The lowest BCUT2D eigenvalue weighted by atomic mass is 10.1. The summed E-state index contributed by atoms with van der Waals surface area (Å²) >= 11 is 12.2. The van der Waals surface area contributed by atoms with Crippen LogP contribution in [0.1, 0.15) is 16.3 Å². The minimum absolute atomic E-state index is 0.201. The fourth-order valence-corrected chi connectivity index (χ4v) is 2.31. The summed E-state index contributed by atoms with van der Waals surface area (Å²) in [6.45, 7) is 7.32. The minimum atomic E-state index is -0.526. The van der Waals surface area contributed by atoms with Crippen LogP contribution >= 0.6 is 23.2 Å². The molecule has 5 nitrogen and oxygen atoms in total. The van der Waals surface area contributed by atoms with E-state index in [1.54, 1.807) is 18.2 Å². The third kappa shape index (κ3) is 2.71. The Morgan fingerprint density at radius 2 is 2.10 bits per heavy atom. The van der Waals surface area contributed by atoms with Gasteiger partial charge in [-0.25, -0.2) is 10.8 Å². The molecule has 1 heterocycles. The van der Waals surface area contributed by atoms with Crippen molar-refractivity contribution in [3.05, 3.63) is 52.9 Å². The molecule has 0 saturated heterocycles. The van der Waals surface area contributed by atoms with Crippen LogP contribution in [-0.4, -0.2) is 15.5 Å². The zero-order valence-electron chi connectivity index (χ0n) is 10.9. The van der Waals surface area contributed by atoms with Crippen LogP contribution in [0.3, 0.4) is 0 Å². The highest BCUT2D eigenvalue weighted by atomic mass is 35.5. The number of nitrogen functional groups attached to an aromatic ring is 1. The quantitative estimate of drug-likeness (QED) is 0.515. The van der Waals surface area contributed by atoms with Gasteiger partial charge in [-0.1, -0.05) is 36.4 Å². The topological polar surface area (TPSA) is 72.9 Å². The fraction of sp³-hybridized carbons (Fsp3) is 0. The second-order valence-electron chi connectivity index (χ2n) is 4.02. The molecule has 0 aliphatic rings. The molecule has 2 rings (SSSR count). The zero-order chi connectivity index (χ0) is 15.6. The molecule has 0 saturated carbocycles. The van der Waals surface area contributed by atoms with Gasteiger partial charge in [-0.15, -0.1) is 0 Å². The molecule has 0 aliphatic heterocycles. The lowest BCUT2D eigenvalue weighted by molar-refractivity contribution is 0.0948. The number of hydrogen-bond donors (Lipinski definition) is 2. The van der Waals surface area contributed by atoms with Crippen LogP contribution in [0.2, 0.25) is 10.0 Å². The van der Waals surface area contributed by atoms with Crippen LogP contribution in [-0.2, 0) is 0 Å². The number of hydrogen-bond acceptors (Lipinski definition) is 3. The second-order valence-corrected chi connectivity index (χ2v) is 4.87. The molecule has 0 radical (unpaired) electrons. The molecule has 0 unspecified atom stereocenters. The van der Waals surface area contributed by atoms with Crippen LogP contribution in [0.15, 0.2) is 31.4 Å². The number of nitrogens with one attached hydrogen (secondary N) is 1. The Hall–Kier alpha value is -2.08. The molecule has 7 heteroatoms. The first-order valence-electron chi connectivity index (χ1n) is 5.87. The summed E-state index contributed by atoms with van der Waals surface area (Å²) in [4.78, 5) is 16.4. The molecule has 0 fully saturated rings. The number of carbonyl (C=O) groups excluding carboxylic acids is 1. The van der Waals surface area contributed by atoms with Crippen LogP contribution in [0, 0.1) is 0 Å². The molecule has 1 aromatic heterocycles. The molecular formula is C14H12Cl2N4O. The van der Waals surface area contributed by atoms with Crippen molar-refractivity contribution in [2.24, 2.45) is 5.84 Å². The van der Waals surface area contributed by atoms with E-state index >= 15 is 0 Å². The summed E-state index contributed by atoms with van der Waals surface area (Å²) in [5.74, 6) is 5.15. The Kier molecular flexibility index (Phi) is 4.47. The molecule has 0 aliphatic carbocycles. The number of halogens is 2.